The fourth-order valence-electron chi connectivity index (χ4n) is 2.18. The minimum absolute atomic E-state index is 0.205. The molecule has 1 saturated heterocycles. The van der Waals surface area contributed by atoms with Crippen LogP contribution in [0.15, 0.2) is 18.3 Å². The maximum Gasteiger partial charge on any atom is 0.274 e. The zero-order valence-electron chi connectivity index (χ0n) is 9.89. The number of β-amino-alcohol motifs (C(OH)–C–C–N with tert-alkyl or cyclic N) is 1. The summed E-state index contributed by atoms with van der Waals surface area (Å²) in [4.78, 5) is 17.6. The molecule has 1 aromatic rings. The normalized spacial score (nSPS) is 17.6. The first-order valence-electron chi connectivity index (χ1n) is 5.78. The summed E-state index contributed by atoms with van der Waals surface area (Å²) >= 11 is 0. The maximum absolute atomic E-state index is 12.0. The number of nitrogens with two attached hydrogens (primary N) is 1. The Hall–Kier alpha value is -1.62. The molecular weight excluding hydrogens is 218 g/mol. The monoisotopic (exact) mass is 235 g/mol. The molecule has 0 bridgehead atoms. The van der Waals surface area contributed by atoms with Crippen molar-refractivity contribution in [3.8, 4) is 0 Å². The van der Waals surface area contributed by atoms with Crippen LogP contribution >= 0.6 is 0 Å². The van der Waals surface area contributed by atoms with Crippen molar-refractivity contribution in [3.63, 3.8) is 0 Å². The molecule has 1 aliphatic heterocycles. The Kier molecular flexibility index (Phi) is 3.02. The maximum atomic E-state index is 12.0. The van der Waals surface area contributed by atoms with Crippen molar-refractivity contribution in [1.29, 1.82) is 0 Å². The highest BCUT2D eigenvalue weighted by atomic mass is 16.3. The van der Waals surface area contributed by atoms with E-state index < -0.39 is 5.60 Å². The Labute approximate surface area is 100 Å². The van der Waals surface area contributed by atoms with Crippen LogP contribution in [-0.2, 0) is 0 Å². The number of aliphatic hydroxyl groups is 1. The summed E-state index contributed by atoms with van der Waals surface area (Å²) in [5, 5.41) is 10.00. The molecule has 1 aliphatic rings. The lowest BCUT2D eigenvalue weighted by Gasteiger charge is -2.46. The largest absolute Gasteiger partial charge is 0.397 e. The minimum Gasteiger partial charge on any atom is -0.397 e. The van der Waals surface area contributed by atoms with Gasteiger partial charge in [0.1, 0.15) is 0 Å². The van der Waals surface area contributed by atoms with E-state index in [2.05, 4.69) is 4.98 Å². The van der Waals surface area contributed by atoms with Gasteiger partial charge in [0.05, 0.1) is 24.4 Å². The fourth-order valence-corrected chi connectivity index (χ4v) is 2.18. The molecule has 5 heteroatoms. The number of hydrogen-bond donors (Lipinski definition) is 2. The van der Waals surface area contributed by atoms with Crippen LogP contribution in [0.5, 0.6) is 0 Å². The van der Waals surface area contributed by atoms with E-state index in [1.165, 1.54) is 0 Å². The van der Waals surface area contributed by atoms with E-state index in [0.29, 0.717) is 25.2 Å². The van der Waals surface area contributed by atoms with Crippen LogP contribution in [0.3, 0.4) is 0 Å². The molecular formula is C12H17N3O2. The SMILES string of the molecule is CCCC1(O)CN(C(=O)c2ncccc2N)C1. The molecule has 0 aliphatic carbocycles. The quantitative estimate of drug-likeness (QED) is 0.806. The molecule has 1 fully saturated rings. The molecule has 1 aromatic heterocycles. The molecule has 2 rings (SSSR count). The lowest BCUT2D eigenvalue weighted by atomic mass is 9.89. The summed E-state index contributed by atoms with van der Waals surface area (Å²) in [5.74, 6) is -0.205. The highest BCUT2D eigenvalue weighted by Gasteiger charge is 2.43. The van der Waals surface area contributed by atoms with Gasteiger partial charge in [0, 0.05) is 6.20 Å². The van der Waals surface area contributed by atoms with E-state index in [9.17, 15) is 9.90 Å². The molecule has 0 aromatic carbocycles. The molecule has 17 heavy (non-hydrogen) atoms. The lowest BCUT2D eigenvalue weighted by Crippen LogP contribution is -2.63. The second-order valence-corrected chi connectivity index (χ2v) is 4.58. The van der Waals surface area contributed by atoms with Crippen molar-refractivity contribution in [2.45, 2.75) is 25.4 Å². The van der Waals surface area contributed by atoms with Crippen molar-refractivity contribution in [2.24, 2.45) is 0 Å². The number of hydrogen-bond acceptors (Lipinski definition) is 4. The Balaban J connectivity index is 2.03. The van der Waals surface area contributed by atoms with Crippen LogP contribution in [0.4, 0.5) is 5.69 Å². The van der Waals surface area contributed by atoms with E-state index in [-0.39, 0.29) is 11.6 Å². The van der Waals surface area contributed by atoms with Crippen molar-refractivity contribution in [3.05, 3.63) is 24.0 Å². The minimum atomic E-state index is -0.714. The summed E-state index contributed by atoms with van der Waals surface area (Å²) in [6.45, 7) is 2.75. The summed E-state index contributed by atoms with van der Waals surface area (Å²) in [7, 11) is 0. The summed E-state index contributed by atoms with van der Waals surface area (Å²) < 4.78 is 0. The number of nitrogens with zero attached hydrogens (tertiary/aromatic N) is 2. The zero-order chi connectivity index (χ0) is 12.5. The second-order valence-electron chi connectivity index (χ2n) is 4.58. The first kappa shape index (κ1) is 11.9. The van der Waals surface area contributed by atoms with Gasteiger partial charge >= 0.3 is 0 Å². The van der Waals surface area contributed by atoms with Gasteiger partial charge in [-0.25, -0.2) is 4.98 Å². The van der Waals surface area contributed by atoms with Gasteiger partial charge in [-0.1, -0.05) is 13.3 Å². The number of carbonyl (C=O) groups is 1. The van der Waals surface area contributed by atoms with E-state index in [1.54, 1.807) is 23.2 Å². The van der Waals surface area contributed by atoms with Crippen molar-refractivity contribution in [1.82, 2.24) is 9.88 Å². The first-order chi connectivity index (χ1) is 8.06. The topological polar surface area (TPSA) is 79.5 Å². The highest BCUT2D eigenvalue weighted by molar-refractivity contribution is 5.97. The van der Waals surface area contributed by atoms with Gasteiger partial charge in [-0.15, -0.1) is 0 Å². The number of aromatic nitrogens is 1. The number of rotatable bonds is 3. The van der Waals surface area contributed by atoms with Crippen LogP contribution in [0, 0.1) is 0 Å². The summed E-state index contributed by atoms with van der Waals surface area (Å²) in [6, 6.07) is 3.34. The number of anilines is 1. The van der Waals surface area contributed by atoms with Crippen LogP contribution < -0.4 is 5.73 Å². The van der Waals surface area contributed by atoms with Gasteiger partial charge in [0.2, 0.25) is 0 Å². The molecule has 1 amide bonds. The number of nitrogen functional groups attached to an aromatic ring is 1. The number of likely N-dealkylation sites (tertiary alicyclic amines) is 1. The van der Waals surface area contributed by atoms with Crippen molar-refractivity contribution in [2.75, 3.05) is 18.8 Å². The Morgan fingerprint density at radius 2 is 2.35 bits per heavy atom. The third-order valence-corrected chi connectivity index (χ3v) is 3.01. The van der Waals surface area contributed by atoms with Gasteiger partial charge in [-0.2, -0.15) is 0 Å². The molecule has 3 N–H and O–H groups in total. The molecule has 0 saturated carbocycles. The molecule has 5 nitrogen and oxygen atoms in total. The third kappa shape index (κ3) is 2.24. The van der Waals surface area contributed by atoms with Gasteiger partial charge in [-0.3, -0.25) is 4.79 Å². The average molecular weight is 235 g/mol. The average Bonchev–Trinajstić information content (AvgIpc) is 2.26. The Morgan fingerprint density at radius 1 is 1.65 bits per heavy atom. The van der Waals surface area contributed by atoms with E-state index in [4.69, 9.17) is 5.73 Å². The molecule has 0 spiro atoms. The third-order valence-electron chi connectivity index (χ3n) is 3.01. The van der Waals surface area contributed by atoms with Crippen LogP contribution in [-0.4, -0.2) is 39.6 Å². The van der Waals surface area contributed by atoms with Crippen molar-refractivity contribution >= 4 is 11.6 Å². The molecule has 2 heterocycles. The zero-order valence-corrected chi connectivity index (χ0v) is 9.89. The number of amides is 1. The van der Waals surface area contributed by atoms with Gasteiger partial charge in [0.15, 0.2) is 5.69 Å². The van der Waals surface area contributed by atoms with Crippen LogP contribution in [0.1, 0.15) is 30.3 Å². The molecule has 0 radical (unpaired) electrons. The number of carbonyl (C=O) groups excluding carboxylic acids is 1. The second kappa shape index (κ2) is 4.33. The predicted octanol–water partition coefficient (Wildman–Crippen LogP) is 0.651. The summed E-state index contributed by atoms with van der Waals surface area (Å²) in [6.07, 6.45) is 3.17. The van der Waals surface area contributed by atoms with E-state index >= 15 is 0 Å². The Bertz CT molecular complexity index is 428. The van der Waals surface area contributed by atoms with E-state index in [1.807, 2.05) is 6.92 Å². The standard InChI is InChI=1S/C12H17N3O2/c1-2-5-12(17)7-15(8-12)11(16)10-9(13)4-3-6-14-10/h3-4,6,17H,2,5,7-8,13H2,1H3. The molecule has 0 unspecified atom stereocenters. The van der Waals surface area contributed by atoms with Crippen molar-refractivity contribution < 1.29 is 9.90 Å². The Morgan fingerprint density at radius 3 is 2.94 bits per heavy atom. The van der Waals surface area contributed by atoms with Crippen LogP contribution in [0.25, 0.3) is 0 Å². The van der Waals surface area contributed by atoms with Gasteiger partial charge < -0.3 is 15.7 Å². The smallest absolute Gasteiger partial charge is 0.274 e. The van der Waals surface area contributed by atoms with Gasteiger partial charge in [-0.05, 0) is 18.6 Å². The number of pyridine rings is 1. The predicted molar refractivity (Wildman–Crippen MR) is 64.4 cm³/mol. The first-order valence-corrected chi connectivity index (χ1v) is 5.78. The summed E-state index contributed by atoms with van der Waals surface area (Å²) in [5.41, 5.74) is 5.63. The highest BCUT2D eigenvalue weighted by Crippen LogP contribution is 2.27. The van der Waals surface area contributed by atoms with Gasteiger partial charge in [0.25, 0.3) is 5.91 Å². The fraction of sp³-hybridized carbons (Fsp3) is 0.500. The van der Waals surface area contributed by atoms with Crippen LogP contribution in [0.2, 0.25) is 0 Å². The molecule has 0 atom stereocenters. The van der Waals surface area contributed by atoms with E-state index in [0.717, 1.165) is 6.42 Å². The molecule has 92 valence electrons. The lowest BCUT2D eigenvalue weighted by molar-refractivity contribution is -0.0861.